The van der Waals surface area contributed by atoms with Gasteiger partial charge in [0, 0.05) is 0 Å². The van der Waals surface area contributed by atoms with Gasteiger partial charge in [-0.1, -0.05) is 244 Å². The number of aliphatic hydroxyl groups is 1. The van der Waals surface area contributed by atoms with Gasteiger partial charge in [0.05, 0.1) is 46.2 Å². The fourth-order valence-electron chi connectivity index (χ4n) is 9.86. The Balaban J connectivity index is 1.25. The van der Waals surface area contributed by atoms with Gasteiger partial charge in [0.1, 0.15) is 48.8 Å². The molecular formula is C61H68Cl3NO11Si. The second kappa shape index (κ2) is 27.9. The molecule has 0 aliphatic carbocycles. The molecule has 0 spiro atoms. The first-order valence-corrected chi connectivity index (χ1v) is 28.9. The number of carbonyl (C=O) groups is 1. The van der Waals surface area contributed by atoms with Crippen molar-refractivity contribution in [2.24, 2.45) is 0 Å². The fourth-order valence-corrected chi connectivity index (χ4v) is 14.6. The predicted octanol–water partition coefficient (Wildman–Crippen LogP) is 9.79. The van der Waals surface area contributed by atoms with Crippen LogP contribution in [0.5, 0.6) is 0 Å². The summed E-state index contributed by atoms with van der Waals surface area (Å²) in [6, 6.07) is 57.4. The minimum Gasteiger partial charge on any atom is -0.388 e. The topological polar surface area (TPSA) is 132 Å². The van der Waals surface area contributed by atoms with Crippen LogP contribution in [-0.4, -0.2) is 104 Å². The minimum absolute atomic E-state index is 0.0207. The van der Waals surface area contributed by atoms with Gasteiger partial charge in [-0.2, -0.15) is 0 Å². The maximum Gasteiger partial charge on any atom is 0.272 e. The van der Waals surface area contributed by atoms with Gasteiger partial charge in [0.15, 0.2) is 12.6 Å². The summed E-state index contributed by atoms with van der Waals surface area (Å²) < 4.78 is 59.8. The van der Waals surface area contributed by atoms with Crippen LogP contribution < -0.4 is 15.7 Å². The number of alkyl halides is 3. The van der Waals surface area contributed by atoms with E-state index >= 15 is 0 Å². The summed E-state index contributed by atoms with van der Waals surface area (Å²) in [6.07, 6.45) is -8.84. The van der Waals surface area contributed by atoms with Crippen molar-refractivity contribution in [2.75, 3.05) is 19.8 Å². The molecule has 10 atom stereocenters. The molecule has 1 amide bonds. The van der Waals surface area contributed by atoms with E-state index in [1.54, 1.807) is 6.08 Å². The summed E-state index contributed by atoms with van der Waals surface area (Å²) in [7, 11) is -3.55. The number of ether oxygens (including phenoxy) is 8. The molecule has 12 nitrogen and oxygen atoms in total. The number of amides is 1. The van der Waals surface area contributed by atoms with E-state index in [4.69, 9.17) is 77.1 Å². The summed E-state index contributed by atoms with van der Waals surface area (Å²) in [6.45, 7) is 11.1. The highest BCUT2D eigenvalue weighted by molar-refractivity contribution is 6.99. The number of nitrogens with one attached hydrogen (secondary N) is 1. The van der Waals surface area contributed by atoms with E-state index in [1.165, 1.54) is 0 Å². The molecule has 6 aromatic rings. The van der Waals surface area contributed by atoms with E-state index in [-0.39, 0.29) is 46.2 Å². The lowest BCUT2D eigenvalue weighted by Crippen LogP contribution is -2.74. The van der Waals surface area contributed by atoms with Crippen molar-refractivity contribution in [3.8, 4) is 0 Å². The maximum atomic E-state index is 14.3. The first-order chi connectivity index (χ1) is 37.2. The highest BCUT2D eigenvalue weighted by atomic mass is 35.6. The molecule has 2 fully saturated rings. The quantitative estimate of drug-likeness (QED) is 0.0341. The summed E-state index contributed by atoms with van der Waals surface area (Å²) >= 11 is 19.2. The predicted molar refractivity (Wildman–Crippen MR) is 301 cm³/mol. The largest absolute Gasteiger partial charge is 0.388 e. The molecular weight excluding hydrogens is 1060 g/mol. The standard InChI is InChI=1S/C61H68Cl3NO11Si/c1-5-36-70-55-53(71-39-45-28-16-8-17-29-45)50(42-69-38-44-26-14-7-15-27-44)74-58(56(55)72-40-46-30-18-9-19-31-46)75-54-51(65-59(67)61(62,63)64)57(73-49(52(54)66)41-68-37-43-24-12-6-13-25-43)76-77(60(2,3)4,47-32-20-10-21-33-47)48-34-22-11-23-35-48/h5-35,49-58,66H,1,36-42H2,2-4H3,(H,65,67)/t49-,50-,51-,52-,53+,54-,55+,56-,57+,58+/m1/s1. The van der Waals surface area contributed by atoms with Gasteiger partial charge in [-0.25, -0.2) is 0 Å². The Morgan fingerprint density at radius 2 is 0.987 bits per heavy atom. The van der Waals surface area contributed by atoms with E-state index in [0.717, 1.165) is 32.6 Å². The van der Waals surface area contributed by atoms with Crippen LogP contribution in [0.1, 0.15) is 43.0 Å². The molecule has 0 bridgehead atoms. The molecule has 8 rings (SSSR count). The van der Waals surface area contributed by atoms with Crippen LogP contribution in [0.2, 0.25) is 5.04 Å². The number of rotatable bonds is 24. The second-order valence-corrected chi connectivity index (χ2v) is 26.6. The number of carbonyl (C=O) groups excluding carboxylic acids is 1. The zero-order valence-electron chi connectivity index (χ0n) is 43.5. The number of benzene rings is 6. The van der Waals surface area contributed by atoms with Crippen molar-refractivity contribution in [2.45, 2.75) is 117 Å². The fraction of sp³-hybridized carbons (Fsp3) is 0.361. The molecule has 2 aliphatic rings. The lowest BCUT2D eigenvalue weighted by atomic mass is 9.95. The molecule has 2 heterocycles. The van der Waals surface area contributed by atoms with E-state index in [9.17, 15) is 9.90 Å². The zero-order chi connectivity index (χ0) is 54.3. The Kier molecular flexibility index (Phi) is 21.1. The van der Waals surface area contributed by atoms with Crippen LogP contribution in [0.15, 0.2) is 195 Å². The number of aliphatic hydroxyl groups excluding tert-OH is 1. The van der Waals surface area contributed by atoms with Crippen LogP contribution >= 0.6 is 34.8 Å². The van der Waals surface area contributed by atoms with Gasteiger partial charge in [-0.15, -0.1) is 6.58 Å². The number of hydrogen-bond donors (Lipinski definition) is 2. The summed E-state index contributed by atoms with van der Waals surface area (Å²) in [5, 5.41) is 17.1. The molecule has 77 heavy (non-hydrogen) atoms. The van der Waals surface area contributed by atoms with Crippen LogP contribution in [0.3, 0.4) is 0 Å². The van der Waals surface area contributed by atoms with Crippen molar-refractivity contribution < 1.29 is 52.2 Å². The Morgan fingerprint density at radius 1 is 0.571 bits per heavy atom. The SMILES string of the molecule is C=CCO[C@H]1[C@@H](OCc2ccccc2)[C@@H](COCc2ccccc2)O[C@@H](O[C@H]2[C@H](O)[C@@H](COCc3ccccc3)O[C@@H](O[Si](c3ccccc3)(c3ccccc3)C(C)(C)C)[C@@H]2NC(=O)C(Cl)(Cl)Cl)[C@@H]1OCc1ccccc1. The zero-order valence-corrected chi connectivity index (χ0v) is 46.8. The third-order valence-corrected chi connectivity index (χ3v) is 19.1. The molecule has 0 radical (unpaired) electrons. The Hall–Kier alpha value is -4.78. The molecule has 2 saturated heterocycles. The molecule has 0 aromatic heterocycles. The smallest absolute Gasteiger partial charge is 0.272 e. The van der Waals surface area contributed by atoms with Gasteiger partial charge >= 0.3 is 0 Å². The third kappa shape index (κ3) is 15.3. The summed E-state index contributed by atoms with van der Waals surface area (Å²) in [5.74, 6) is -1.01. The molecule has 16 heteroatoms. The van der Waals surface area contributed by atoms with Crippen LogP contribution in [-0.2, 0) is 73.5 Å². The lowest BCUT2D eigenvalue weighted by Gasteiger charge is -2.52. The summed E-state index contributed by atoms with van der Waals surface area (Å²) in [4.78, 5) is 14.3. The van der Waals surface area contributed by atoms with Crippen molar-refractivity contribution >= 4 is 59.4 Å². The maximum absolute atomic E-state index is 14.3. The summed E-state index contributed by atoms with van der Waals surface area (Å²) in [5.41, 5.74) is 3.64. The first-order valence-electron chi connectivity index (χ1n) is 25.8. The van der Waals surface area contributed by atoms with Crippen LogP contribution in [0, 0.1) is 0 Å². The monoisotopic (exact) mass is 1120 g/mol. The Bertz CT molecular complexity index is 2650. The number of hydrogen-bond acceptors (Lipinski definition) is 11. The minimum atomic E-state index is -3.55. The second-order valence-electron chi connectivity index (χ2n) is 20.1. The molecule has 0 saturated carbocycles. The van der Waals surface area contributed by atoms with Gasteiger partial charge < -0.3 is 52.7 Å². The molecule has 408 valence electrons. The highest BCUT2D eigenvalue weighted by Gasteiger charge is 2.59. The van der Waals surface area contributed by atoms with Gasteiger partial charge in [-0.05, 0) is 37.7 Å². The average Bonchev–Trinajstić information content (AvgIpc) is 3.44. The van der Waals surface area contributed by atoms with Crippen molar-refractivity contribution in [3.05, 3.63) is 217 Å². The van der Waals surface area contributed by atoms with Gasteiger partial charge in [0.25, 0.3) is 18.0 Å². The van der Waals surface area contributed by atoms with Gasteiger partial charge in [-0.3, -0.25) is 4.79 Å². The van der Waals surface area contributed by atoms with Crippen LogP contribution in [0.25, 0.3) is 0 Å². The van der Waals surface area contributed by atoms with E-state index < -0.39 is 84.4 Å². The average molecular weight is 1130 g/mol. The van der Waals surface area contributed by atoms with Crippen LogP contribution in [0.4, 0.5) is 0 Å². The van der Waals surface area contributed by atoms with Crippen molar-refractivity contribution in [1.29, 1.82) is 0 Å². The van der Waals surface area contributed by atoms with Crippen molar-refractivity contribution in [1.82, 2.24) is 5.32 Å². The first kappa shape index (κ1) is 58.4. The van der Waals surface area contributed by atoms with E-state index in [1.807, 2.05) is 182 Å². The molecule has 2 N–H and O–H groups in total. The molecule has 2 aliphatic heterocycles. The van der Waals surface area contributed by atoms with Gasteiger partial charge in [0.2, 0.25) is 0 Å². The van der Waals surface area contributed by atoms with E-state index in [2.05, 4.69) is 32.7 Å². The number of halogens is 3. The molecule has 6 aromatic carbocycles. The molecule has 0 unspecified atom stereocenters. The van der Waals surface area contributed by atoms with Crippen molar-refractivity contribution in [3.63, 3.8) is 0 Å². The van der Waals surface area contributed by atoms with E-state index in [0.29, 0.717) is 0 Å². The lowest BCUT2D eigenvalue weighted by molar-refractivity contribution is -0.355. The highest BCUT2D eigenvalue weighted by Crippen LogP contribution is 2.41. The normalized spacial score (nSPS) is 24.0. The Labute approximate surface area is 468 Å². The Morgan fingerprint density at radius 3 is 1.43 bits per heavy atom. The third-order valence-electron chi connectivity index (χ3n) is 13.6.